The van der Waals surface area contributed by atoms with Crippen molar-refractivity contribution in [2.45, 2.75) is 76.9 Å². The van der Waals surface area contributed by atoms with Gasteiger partial charge in [0.25, 0.3) is 5.91 Å². The van der Waals surface area contributed by atoms with Crippen molar-refractivity contribution >= 4 is 23.3 Å². The maximum absolute atomic E-state index is 13.5. The molecule has 8 heteroatoms. The van der Waals surface area contributed by atoms with Gasteiger partial charge in [0.05, 0.1) is 5.69 Å². The van der Waals surface area contributed by atoms with E-state index < -0.39 is 6.04 Å². The topological polar surface area (TPSA) is 88.1 Å². The third-order valence-corrected chi connectivity index (χ3v) is 6.13. The minimum absolute atomic E-state index is 0.0274. The van der Waals surface area contributed by atoms with Crippen LogP contribution in [0.25, 0.3) is 0 Å². The van der Waals surface area contributed by atoms with Gasteiger partial charge in [-0.1, -0.05) is 36.7 Å². The number of hydrogen-bond acceptors (Lipinski definition) is 6. The molecule has 29 heavy (non-hydrogen) atoms. The minimum atomic E-state index is -0.806. The molecule has 2 amide bonds. The number of nitrogens with one attached hydrogen (secondary N) is 1. The lowest BCUT2D eigenvalue weighted by Crippen LogP contribution is -2.53. The molecule has 2 aromatic heterocycles. The Labute approximate surface area is 176 Å². The van der Waals surface area contributed by atoms with E-state index >= 15 is 0 Å². The highest BCUT2D eigenvalue weighted by molar-refractivity contribution is 7.03. The number of carbonyl (C=O) groups is 2. The lowest BCUT2D eigenvalue weighted by atomic mass is 9.91. The molecule has 0 unspecified atom stereocenters. The Hall–Kier alpha value is -2.35. The van der Waals surface area contributed by atoms with Crippen molar-refractivity contribution in [3.8, 4) is 0 Å². The van der Waals surface area contributed by atoms with Gasteiger partial charge >= 0.3 is 0 Å². The van der Waals surface area contributed by atoms with Gasteiger partial charge in [0.15, 0.2) is 11.7 Å². The highest BCUT2D eigenvalue weighted by atomic mass is 32.1. The van der Waals surface area contributed by atoms with Crippen molar-refractivity contribution in [3.63, 3.8) is 0 Å². The number of hydrogen-bond donors (Lipinski definition) is 1. The normalized spacial score (nSPS) is 16.2. The molecule has 156 valence electrons. The van der Waals surface area contributed by atoms with E-state index in [1.807, 2.05) is 39.0 Å². The van der Waals surface area contributed by atoms with Crippen LogP contribution in [0.2, 0.25) is 0 Å². The van der Waals surface area contributed by atoms with Gasteiger partial charge in [0.2, 0.25) is 5.91 Å². The Bertz CT molecular complexity index is 804. The molecule has 3 rings (SSSR count). The fourth-order valence-electron chi connectivity index (χ4n) is 3.67. The number of pyridine rings is 1. The zero-order chi connectivity index (χ0) is 20.9. The molecule has 0 aromatic carbocycles. The van der Waals surface area contributed by atoms with Gasteiger partial charge in [0, 0.05) is 23.2 Å². The van der Waals surface area contributed by atoms with Gasteiger partial charge in [-0.3, -0.25) is 14.6 Å². The summed E-state index contributed by atoms with van der Waals surface area (Å²) in [6, 6.07) is 4.64. The van der Waals surface area contributed by atoms with E-state index in [-0.39, 0.29) is 29.1 Å². The Morgan fingerprint density at radius 2 is 2.03 bits per heavy atom. The molecule has 0 saturated heterocycles. The molecule has 2 heterocycles. The molecular weight excluding hydrogens is 386 g/mol. The summed E-state index contributed by atoms with van der Waals surface area (Å²) in [6.45, 7) is 6.00. The summed E-state index contributed by atoms with van der Waals surface area (Å²) in [6.07, 6.45) is 7.42. The van der Waals surface area contributed by atoms with Crippen LogP contribution in [0.4, 0.5) is 0 Å². The molecule has 1 aliphatic rings. The summed E-state index contributed by atoms with van der Waals surface area (Å²) in [7, 11) is 0. The van der Waals surface area contributed by atoms with E-state index in [0.29, 0.717) is 5.69 Å². The van der Waals surface area contributed by atoms with Gasteiger partial charge < -0.3 is 10.2 Å². The Kier molecular flexibility index (Phi) is 6.95. The average molecular weight is 416 g/mol. The van der Waals surface area contributed by atoms with Gasteiger partial charge in [0.1, 0.15) is 0 Å². The van der Waals surface area contributed by atoms with Gasteiger partial charge in [-0.2, -0.15) is 0 Å². The largest absolute Gasteiger partial charge is 0.349 e. The molecule has 0 bridgehead atoms. The maximum atomic E-state index is 13.5. The zero-order valence-electron chi connectivity index (χ0n) is 17.3. The van der Waals surface area contributed by atoms with E-state index in [1.54, 1.807) is 16.5 Å². The first-order valence-corrected chi connectivity index (χ1v) is 11.1. The number of carbonyl (C=O) groups excluding carboxylic acids is 2. The maximum Gasteiger partial charge on any atom is 0.276 e. The Morgan fingerprint density at radius 3 is 2.62 bits per heavy atom. The third kappa shape index (κ3) is 5.18. The van der Waals surface area contributed by atoms with Gasteiger partial charge in [-0.15, -0.1) is 5.10 Å². The van der Waals surface area contributed by atoms with Crippen molar-refractivity contribution in [1.29, 1.82) is 0 Å². The number of aromatic nitrogens is 3. The molecule has 0 radical (unpaired) electrons. The molecular formula is C21H29N5O2S. The fourth-order valence-corrected chi connectivity index (χ4v) is 4.10. The quantitative estimate of drug-likeness (QED) is 0.744. The molecule has 1 aliphatic carbocycles. The number of rotatable bonds is 7. The van der Waals surface area contributed by atoms with E-state index in [4.69, 9.17) is 0 Å². The van der Waals surface area contributed by atoms with E-state index in [1.165, 1.54) is 0 Å². The average Bonchev–Trinajstić information content (AvgIpc) is 3.27. The van der Waals surface area contributed by atoms with Crippen LogP contribution in [0.1, 0.15) is 81.5 Å². The van der Waals surface area contributed by atoms with Crippen LogP contribution in [-0.2, 0) is 4.79 Å². The van der Waals surface area contributed by atoms with Crippen LogP contribution in [-0.4, -0.2) is 42.9 Å². The van der Waals surface area contributed by atoms with Crippen LogP contribution in [0.5, 0.6) is 0 Å². The summed E-state index contributed by atoms with van der Waals surface area (Å²) in [4.78, 5) is 33.1. The van der Waals surface area contributed by atoms with Gasteiger partial charge in [-0.25, -0.2) is 0 Å². The number of amides is 2. The smallest absolute Gasteiger partial charge is 0.276 e. The predicted octanol–water partition coefficient (Wildman–Crippen LogP) is 3.75. The van der Waals surface area contributed by atoms with Crippen LogP contribution < -0.4 is 5.32 Å². The summed E-state index contributed by atoms with van der Waals surface area (Å²) < 4.78 is 3.85. The highest BCUT2D eigenvalue weighted by Crippen LogP contribution is 2.32. The van der Waals surface area contributed by atoms with Crippen molar-refractivity contribution in [3.05, 3.63) is 41.2 Å². The minimum Gasteiger partial charge on any atom is -0.349 e. The molecule has 0 spiro atoms. The van der Waals surface area contributed by atoms with Crippen molar-refractivity contribution < 1.29 is 9.59 Å². The third-order valence-electron chi connectivity index (χ3n) is 5.62. The highest BCUT2D eigenvalue weighted by Gasteiger charge is 2.40. The first-order valence-electron chi connectivity index (χ1n) is 10.3. The molecule has 7 nitrogen and oxygen atoms in total. The summed E-state index contributed by atoms with van der Waals surface area (Å²) >= 11 is 1.14. The molecule has 1 saturated carbocycles. The predicted molar refractivity (Wildman–Crippen MR) is 112 cm³/mol. The number of nitrogens with zero attached hydrogens (tertiary/aromatic N) is 4. The van der Waals surface area contributed by atoms with Crippen molar-refractivity contribution in [1.82, 2.24) is 24.8 Å². The lowest BCUT2D eigenvalue weighted by Gasteiger charge is -2.40. The van der Waals surface area contributed by atoms with Crippen LogP contribution in [0, 0.1) is 0 Å². The first kappa shape index (κ1) is 21.4. The molecule has 2 aromatic rings. The SMILES string of the molecule is CCC(C)(C)NC(=O)[C@H](c1ccccn1)N(C(=O)c1csnn1)C1CCCCC1. The van der Waals surface area contributed by atoms with Crippen molar-refractivity contribution in [2.24, 2.45) is 0 Å². The monoisotopic (exact) mass is 415 g/mol. The lowest BCUT2D eigenvalue weighted by molar-refractivity contribution is -0.128. The second-order valence-electron chi connectivity index (χ2n) is 8.18. The fraction of sp³-hybridized carbons (Fsp3) is 0.571. The molecule has 1 atom stereocenters. The Morgan fingerprint density at radius 1 is 1.28 bits per heavy atom. The zero-order valence-corrected chi connectivity index (χ0v) is 18.1. The summed E-state index contributed by atoms with van der Waals surface area (Å²) in [5, 5.41) is 8.74. The van der Waals surface area contributed by atoms with Crippen LogP contribution in [0.15, 0.2) is 29.8 Å². The second kappa shape index (κ2) is 9.43. The van der Waals surface area contributed by atoms with E-state index in [0.717, 1.165) is 50.1 Å². The Balaban J connectivity index is 2.04. The first-order chi connectivity index (χ1) is 13.9. The summed E-state index contributed by atoms with van der Waals surface area (Å²) in [5.41, 5.74) is 0.469. The van der Waals surface area contributed by atoms with Crippen molar-refractivity contribution in [2.75, 3.05) is 0 Å². The molecule has 0 aliphatic heterocycles. The van der Waals surface area contributed by atoms with E-state index in [9.17, 15) is 9.59 Å². The van der Waals surface area contributed by atoms with Crippen LogP contribution >= 0.6 is 11.5 Å². The van der Waals surface area contributed by atoms with Crippen LogP contribution in [0.3, 0.4) is 0 Å². The second-order valence-corrected chi connectivity index (χ2v) is 8.79. The van der Waals surface area contributed by atoms with E-state index in [2.05, 4.69) is 19.9 Å². The standard InChI is InChI=1S/C21H29N5O2S/c1-4-21(2,3)23-19(27)18(16-12-8-9-13-22-16)26(15-10-6-5-7-11-15)20(28)17-14-29-25-24-17/h8-9,12-15,18H,4-7,10-11H2,1-3H3,(H,23,27)/t18-/m0/s1. The summed E-state index contributed by atoms with van der Waals surface area (Å²) in [5.74, 6) is -0.469. The van der Waals surface area contributed by atoms with Gasteiger partial charge in [-0.05, 0) is 56.8 Å². The molecule has 1 fully saturated rings. The molecule has 1 N–H and O–H groups in total.